The predicted molar refractivity (Wildman–Crippen MR) is 75.6 cm³/mol. The van der Waals surface area contributed by atoms with Crippen molar-refractivity contribution in [3.63, 3.8) is 0 Å². The summed E-state index contributed by atoms with van der Waals surface area (Å²) in [6, 6.07) is 7.35. The fourth-order valence-corrected chi connectivity index (χ4v) is 1.77. The van der Waals surface area contributed by atoms with Crippen LogP contribution in [0, 0.1) is 21.3 Å². The first kappa shape index (κ1) is 14.7. The molecule has 0 heterocycles. The highest BCUT2D eigenvalue weighted by Gasteiger charge is 2.13. The Morgan fingerprint density at radius 2 is 1.95 bits per heavy atom. The third-order valence-corrected chi connectivity index (χ3v) is 2.88. The van der Waals surface area contributed by atoms with Crippen molar-refractivity contribution in [3.05, 3.63) is 62.9 Å². The summed E-state index contributed by atoms with van der Waals surface area (Å²) in [5.74, 6) is -1.04. The summed E-state index contributed by atoms with van der Waals surface area (Å²) in [6.07, 6.45) is 0. The molecule has 0 unspecified atom stereocenters. The van der Waals surface area contributed by atoms with Crippen molar-refractivity contribution in [2.75, 3.05) is 0 Å². The van der Waals surface area contributed by atoms with Crippen LogP contribution >= 0.6 is 11.6 Å². The quantitative estimate of drug-likeness (QED) is 0.390. The molecule has 0 saturated carbocycles. The Balaban J connectivity index is 2.30. The number of nitro benzene ring substituents is 1. The number of nitro groups is 1. The number of amidine groups is 1. The summed E-state index contributed by atoms with van der Waals surface area (Å²) in [4.78, 5) is 9.99. The molecule has 0 amide bonds. The second kappa shape index (κ2) is 5.76. The lowest BCUT2D eigenvalue weighted by molar-refractivity contribution is -0.384. The number of hydrogen-bond donors (Lipinski definition) is 2. The van der Waals surface area contributed by atoms with E-state index in [9.17, 15) is 14.5 Å². The number of benzene rings is 2. The third kappa shape index (κ3) is 3.26. The number of nitrogens with one attached hydrogen (secondary N) is 1. The van der Waals surface area contributed by atoms with Gasteiger partial charge in [-0.15, -0.1) is 0 Å². The molecule has 2 rings (SSSR count). The first-order valence-electron chi connectivity index (χ1n) is 5.64. The molecule has 0 bridgehead atoms. The van der Waals surface area contributed by atoms with Crippen LogP contribution in [0.5, 0.6) is 11.5 Å². The van der Waals surface area contributed by atoms with Crippen LogP contribution in [0.4, 0.5) is 10.1 Å². The molecular formula is C13H9ClFN3O3. The van der Waals surface area contributed by atoms with Gasteiger partial charge in [0.1, 0.15) is 11.6 Å². The second-order valence-electron chi connectivity index (χ2n) is 4.03. The average Bonchev–Trinajstić information content (AvgIpc) is 2.42. The Bertz CT molecular complexity index is 675. The van der Waals surface area contributed by atoms with Crippen molar-refractivity contribution in [3.8, 4) is 11.5 Å². The molecule has 0 aliphatic carbocycles. The molecule has 0 atom stereocenters. The summed E-state index contributed by atoms with van der Waals surface area (Å²) in [6.45, 7) is 0. The summed E-state index contributed by atoms with van der Waals surface area (Å²) >= 11 is 5.85. The highest BCUT2D eigenvalue weighted by molar-refractivity contribution is 6.32. The molecule has 21 heavy (non-hydrogen) atoms. The van der Waals surface area contributed by atoms with Crippen LogP contribution < -0.4 is 10.5 Å². The van der Waals surface area contributed by atoms with Crippen LogP contribution in [-0.4, -0.2) is 10.8 Å². The topological polar surface area (TPSA) is 102 Å². The number of rotatable bonds is 4. The predicted octanol–water partition coefficient (Wildman–Crippen LogP) is 3.46. The molecule has 2 aromatic carbocycles. The minimum absolute atomic E-state index is 0.0146. The van der Waals surface area contributed by atoms with Gasteiger partial charge < -0.3 is 10.5 Å². The highest BCUT2D eigenvalue weighted by Crippen LogP contribution is 2.33. The maximum Gasteiger partial charge on any atom is 0.271 e. The number of nitrogen functional groups attached to an aromatic ring is 1. The molecule has 0 aliphatic rings. The van der Waals surface area contributed by atoms with Crippen LogP contribution in [0.25, 0.3) is 0 Å². The van der Waals surface area contributed by atoms with E-state index < -0.39 is 10.7 Å². The lowest BCUT2D eigenvalue weighted by atomic mass is 10.2. The number of nitrogens with zero attached hydrogens (tertiary/aromatic N) is 1. The maximum atomic E-state index is 13.8. The lowest BCUT2D eigenvalue weighted by Gasteiger charge is -2.09. The van der Waals surface area contributed by atoms with Crippen molar-refractivity contribution < 1.29 is 14.1 Å². The van der Waals surface area contributed by atoms with Crippen LogP contribution in [0.1, 0.15) is 5.56 Å². The molecule has 6 nitrogen and oxygen atoms in total. The summed E-state index contributed by atoms with van der Waals surface area (Å²) < 4.78 is 19.1. The Hall–Kier alpha value is -2.67. The molecule has 0 saturated heterocycles. The zero-order valence-corrected chi connectivity index (χ0v) is 11.2. The minimum atomic E-state index is -0.725. The molecule has 8 heteroatoms. The number of non-ortho nitro benzene ring substituents is 1. The smallest absolute Gasteiger partial charge is 0.271 e. The van der Waals surface area contributed by atoms with Gasteiger partial charge in [-0.3, -0.25) is 15.5 Å². The van der Waals surface area contributed by atoms with Gasteiger partial charge in [-0.05, 0) is 24.3 Å². The Kier molecular flexibility index (Phi) is 4.04. The van der Waals surface area contributed by atoms with Gasteiger partial charge in [-0.1, -0.05) is 11.6 Å². The van der Waals surface area contributed by atoms with E-state index in [1.54, 1.807) is 0 Å². The first-order valence-corrected chi connectivity index (χ1v) is 6.02. The van der Waals surface area contributed by atoms with E-state index in [4.69, 9.17) is 27.5 Å². The van der Waals surface area contributed by atoms with Crippen LogP contribution in [-0.2, 0) is 0 Å². The number of halogens is 2. The number of ether oxygens (including phenoxy) is 1. The average molecular weight is 310 g/mol. The fraction of sp³-hybridized carbons (Fsp3) is 0. The van der Waals surface area contributed by atoms with Crippen LogP contribution in [0.15, 0.2) is 36.4 Å². The van der Waals surface area contributed by atoms with E-state index in [2.05, 4.69) is 0 Å². The van der Waals surface area contributed by atoms with Gasteiger partial charge in [0.05, 0.1) is 9.95 Å². The molecule has 0 radical (unpaired) electrons. The van der Waals surface area contributed by atoms with E-state index in [-0.39, 0.29) is 33.6 Å². The summed E-state index contributed by atoms with van der Waals surface area (Å²) in [7, 11) is 0. The first-order chi connectivity index (χ1) is 9.88. The third-order valence-electron chi connectivity index (χ3n) is 2.59. The van der Waals surface area contributed by atoms with Gasteiger partial charge in [0.25, 0.3) is 5.69 Å². The van der Waals surface area contributed by atoms with Crippen molar-refractivity contribution in [2.45, 2.75) is 0 Å². The molecule has 2 aromatic rings. The molecule has 0 aliphatic heterocycles. The van der Waals surface area contributed by atoms with Crippen molar-refractivity contribution >= 4 is 23.1 Å². The molecule has 0 spiro atoms. The Morgan fingerprint density at radius 1 is 1.29 bits per heavy atom. The van der Waals surface area contributed by atoms with E-state index in [0.717, 1.165) is 12.1 Å². The zero-order valence-electron chi connectivity index (χ0n) is 10.5. The van der Waals surface area contributed by atoms with E-state index >= 15 is 0 Å². The summed E-state index contributed by atoms with van der Waals surface area (Å²) in [5, 5.41) is 17.8. The maximum absolute atomic E-state index is 13.8. The molecule has 0 fully saturated rings. The molecule has 3 N–H and O–H groups in total. The molecule has 0 aromatic heterocycles. The lowest BCUT2D eigenvalue weighted by Crippen LogP contribution is -2.11. The monoisotopic (exact) mass is 309 g/mol. The normalized spacial score (nSPS) is 10.2. The largest absolute Gasteiger partial charge is 0.453 e. The Labute approximate surface area is 123 Å². The highest BCUT2D eigenvalue weighted by atomic mass is 35.5. The Morgan fingerprint density at radius 3 is 2.48 bits per heavy atom. The summed E-state index contributed by atoms with van der Waals surface area (Å²) in [5.41, 5.74) is 5.27. The van der Waals surface area contributed by atoms with E-state index in [1.165, 1.54) is 24.3 Å². The molecular weight excluding hydrogens is 301 g/mol. The minimum Gasteiger partial charge on any atom is -0.453 e. The van der Waals surface area contributed by atoms with E-state index in [0.29, 0.717) is 0 Å². The zero-order chi connectivity index (χ0) is 15.6. The molecule has 108 valence electrons. The van der Waals surface area contributed by atoms with Gasteiger partial charge >= 0.3 is 0 Å². The van der Waals surface area contributed by atoms with Crippen molar-refractivity contribution in [1.82, 2.24) is 0 Å². The standard InChI is InChI=1S/C13H9ClFN3O3/c14-9-6-8(18(19)20)2-4-11(9)21-12-3-1-7(13(16)17)5-10(12)15/h1-6H,(H3,16,17). The van der Waals surface area contributed by atoms with Gasteiger partial charge in [-0.2, -0.15) is 0 Å². The van der Waals surface area contributed by atoms with Crippen LogP contribution in [0.2, 0.25) is 5.02 Å². The number of nitrogens with two attached hydrogens (primary N) is 1. The van der Waals surface area contributed by atoms with Crippen molar-refractivity contribution in [2.24, 2.45) is 5.73 Å². The van der Waals surface area contributed by atoms with Crippen LogP contribution in [0.3, 0.4) is 0 Å². The van der Waals surface area contributed by atoms with Crippen molar-refractivity contribution in [1.29, 1.82) is 5.41 Å². The van der Waals surface area contributed by atoms with Gasteiger partial charge in [0.2, 0.25) is 0 Å². The SMILES string of the molecule is N=C(N)c1ccc(Oc2ccc([N+](=O)[O-])cc2Cl)c(F)c1. The number of hydrogen-bond acceptors (Lipinski definition) is 4. The second-order valence-corrected chi connectivity index (χ2v) is 4.44. The van der Waals surface area contributed by atoms with E-state index in [1.807, 2.05) is 0 Å². The van der Waals surface area contributed by atoms with Gasteiger partial charge in [0, 0.05) is 17.7 Å². The van der Waals surface area contributed by atoms with Gasteiger partial charge in [0.15, 0.2) is 11.6 Å². The fourth-order valence-electron chi connectivity index (χ4n) is 1.56. The van der Waals surface area contributed by atoms with Gasteiger partial charge in [-0.25, -0.2) is 4.39 Å².